The molecule has 0 unspecified atom stereocenters. The van der Waals surface area contributed by atoms with E-state index in [1.54, 1.807) is 0 Å². The molecular formula is C43H83N3O3P+. The third-order valence-corrected chi connectivity index (χ3v) is 11.2. The highest BCUT2D eigenvalue weighted by atomic mass is 31.2. The molecule has 0 aliphatic carbocycles. The Kier molecular flexibility index (Phi) is 33.9. The summed E-state index contributed by atoms with van der Waals surface area (Å²) >= 11 is 0. The summed E-state index contributed by atoms with van der Waals surface area (Å²) in [4.78, 5) is 0. The standard InChI is InChI=1S/C43H83N3O3P/c1-4-6-8-10-12-14-16-18-20-22-24-26-28-30-32-34-41-48-50(47,44-37-36-38-46-40-39-45(3)43-46)49-42-35-33-31-29-27-25-23-21-19-17-15-13-11-9-7-5-2/h18-21,39-40,43H,4-17,22-38,41-42H2,1-3H3,(H,44,47)/q+1/b20-18-,21-19-. The van der Waals surface area contributed by atoms with Gasteiger partial charge in [0.15, 0.2) is 0 Å². The third-order valence-electron chi connectivity index (χ3n) is 9.56. The minimum absolute atomic E-state index is 0.492. The Morgan fingerprint density at radius 3 is 1.32 bits per heavy atom. The number of aryl methyl sites for hydroxylation is 2. The van der Waals surface area contributed by atoms with Crippen LogP contribution in [-0.2, 0) is 27.2 Å². The molecule has 1 rings (SSSR count). The van der Waals surface area contributed by atoms with Crippen LogP contribution in [0.15, 0.2) is 43.0 Å². The van der Waals surface area contributed by atoms with E-state index >= 15 is 0 Å². The molecule has 7 heteroatoms. The molecule has 0 aliphatic rings. The van der Waals surface area contributed by atoms with E-state index in [9.17, 15) is 4.57 Å². The van der Waals surface area contributed by atoms with Gasteiger partial charge in [-0.3, -0.25) is 9.05 Å². The number of rotatable bonds is 39. The highest BCUT2D eigenvalue weighted by Crippen LogP contribution is 2.44. The van der Waals surface area contributed by atoms with Gasteiger partial charge in [-0.1, -0.05) is 154 Å². The first-order chi connectivity index (χ1) is 24.6. The van der Waals surface area contributed by atoms with Crippen molar-refractivity contribution in [1.29, 1.82) is 0 Å². The van der Waals surface area contributed by atoms with Gasteiger partial charge in [-0.05, 0) is 70.6 Å². The van der Waals surface area contributed by atoms with Crippen LogP contribution in [0.5, 0.6) is 0 Å². The Labute approximate surface area is 311 Å². The van der Waals surface area contributed by atoms with Crippen LogP contribution in [0.1, 0.15) is 200 Å². The van der Waals surface area contributed by atoms with Crippen molar-refractivity contribution in [2.75, 3.05) is 19.8 Å². The van der Waals surface area contributed by atoms with Crippen molar-refractivity contribution in [3.63, 3.8) is 0 Å². The molecule has 0 bridgehead atoms. The van der Waals surface area contributed by atoms with Gasteiger partial charge >= 0.3 is 7.75 Å². The van der Waals surface area contributed by atoms with E-state index in [4.69, 9.17) is 9.05 Å². The van der Waals surface area contributed by atoms with Gasteiger partial charge in [0.1, 0.15) is 12.4 Å². The fourth-order valence-electron chi connectivity index (χ4n) is 6.31. The minimum Gasteiger partial charge on any atom is -0.297 e. The van der Waals surface area contributed by atoms with Crippen molar-refractivity contribution in [3.8, 4) is 0 Å². The van der Waals surface area contributed by atoms with Crippen molar-refractivity contribution < 1.29 is 18.2 Å². The van der Waals surface area contributed by atoms with Crippen LogP contribution in [0, 0.1) is 0 Å². The van der Waals surface area contributed by atoms with Gasteiger partial charge in [0.05, 0.1) is 26.8 Å². The highest BCUT2D eigenvalue weighted by Gasteiger charge is 2.23. The fraction of sp³-hybridized carbons (Fsp3) is 0.837. The van der Waals surface area contributed by atoms with Gasteiger partial charge in [-0.2, -0.15) is 0 Å². The molecule has 0 saturated carbocycles. The van der Waals surface area contributed by atoms with Crippen LogP contribution < -0.4 is 9.65 Å². The molecular weight excluding hydrogens is 637 g/mol. The number of nitrogens with zero attached hydrogens (tertiary/aromatic N) is 2. The lowest BCUT2D eigenvalue weighted by atomic mass is 10.1. The largest absolute Gasteiger partial charge is 0.405 e. The van der Waals surface area contributed by atoms with E-state index in [-0.39, 0.29) is 0 Å². The first-order valence-corrected chi connectivity index (χ1v) is 23.1. The van der Waals surface area contributed by atoms with Gasteiger partial charge < -0.3 is 0 Å². The summed E-state index contributed by atoms with van der Waals surface area (Å²) in [5, 5.41) is 3.16. The molecule has 0 aliphatic heterocycles. The van der Waals surface area contributed by atoms with E-state index in [0.29, 0.717) is 19.8 Å². The van der Waals surface area contributed by atoms with E-state index in [1.807, 2.05) is 17.8 Å². The van der Waals surface area contributed by atoms with Gasteiger partial charge in [0.2, 0.25) is 6.33 Å². The second-order valence-electron chi connectivity index (χ2n) is 14.6. The fourth-order valence-corrected chi connectivity index (χ4v) is 7.74. The molecule has 0 amide bonds. The quantitative estimate of drug-likeness (QED) is 0.0318. The molecule has 0 fully saturated rings. The number of unbranched alkanes of at least 4 members (excludes halogenated alkanes) is 24. The third kappa shape index (κ3) is 31.5. The summed E-state index contributed by atoms with van der Waals surface area (Å²) in [6, 6.07) is 0. The Morgan fingerprint density at radius 2 is 0.940 bits per heavy atom. The van der Waals surface area contributed by atoms with Crippen LogP contribution in [0.4, 0.5) is 0 Å². The van der Waals surface area contributed by atoms with Crippen LogP contribution in [0.3, 0.4) is 0 Å². The Morgan fingerprint density at radius 1 is 0.560 bits per heavy atom. The van der Waals surface area contributed by atoms with Crippen LogP contribution in [0.25, 0.3) is 0 Å². The Balaban J connectivity index is 2.14. The number of aromatic nitrogens is 2. The lowest BCUT2D eigenvalue weighted by molar-refractivity contribution is -0.671. The molecule has 292 valence electrons. The predicted molar refractivity (Wildman–Crippen MR) is 217 cm³/mol. The Bertz CT molecular complexity index is 900. The van der Waals surface area contributed by atoms with Gasteiger partial charge in [0.25, 0.3) is 0 Å². The molecule has 0 spiro atoms. The summed E-state index contributed by atoms with van der Waals surface area (Å²) in [5.74, 6) is 0. The topological polar surface area (TPSA) is 56.4 Å². The van der Waals surface area contributed by atoms with Crippen LogP contribution >= 0.6 is 7.75 Å². The summed E-state index contributed by atoms with van der Waals surface area (Å²) < 4.78 is 29.6. The average molecular weight is 721 g/mol. The summed E-state index contributed by atoms with van der Waals surface area (Å²) in [6.07, 6.45) is 52.3. The smallest absolute Gasteiger partial charge is 0.297 e. The molecule has 6 nitrogen and oxygen atoms in total. The molecule has 1 aromatic heterocycles. The lowest BCUT2D eigenvalue weighted by Crippen LogP contribution is -2.24. The molecule has 0 radical (unpaired) electrons. The van der Waals surface area contributed by atoms with Gasteiger partial charge in [-0.25, -0.2) is 18.8 Å². The highest BCUT2D eigenvalue weighted by molar-refractivity contribution is 7.51. The van der Waals surface area contributed by atoms with E-state index < -0.39 is 7.75 Å². The Hall–Kier alpha value is -1.20. The maximum Gasteiger partial charge on any atom is 0.405 e. The number of hydrogen-bond acceptors (Lipinski definition) is 3. The van der Waals surface area contributed by atoms with Crippen molar-refractivity contribution in [3.05, 3.63) is 43.0 Å². The van der Waals surface area contributed by atoms with Crippen molar-refractivity contribution in [2.24, 2.45) is 7.05 Å². The zero-order valence-electron chi connectivity index (χ0n) is 33.4. The van der Waals surface area contributed by atoms with Crippen molar-refractivity contribution in [1.82, 2.24) is 9.65 Å². The number of allylic oxidation sites excluding steroid dienone is 4. The van der Waals surface area contributed by atoms with Crippen molar-refractivity contribution >= 4 is 7.75 Å². The number of nitrogens with one attached hydrogen (secondary N) is 1. The second kappa shape index (κ2) is 36.2. The molecule has 50 heavy (non-hydrogen) atoms. The molecule has 0 atom stereocenters. The minimum atomic E-state index is -3.29. The summed E-state index contributed by atoms with van der Waals surface area (Å²) in [5.41, 5.74) is 0. The molecule has 1 heterocycles. The van der Waals surface area contributed by atoms with E-state index in [1.165, 1.54) is 154 Å². The zero-order valence-corrected chi connectivity index (χ0v) is 34.3. The summed E-state index contributed by atoms with van der Waals surface area (Å²) in [7, 11) is -1.27. The number of hydrogen-bond donors (Lipinski definition) is 1. The van der Waals surface area contributed by atoms with Crippen LogP contribution in [0.2, 0.25) is 0 Å². The number of imidazole rings is 1. The van der Waals surface area contributed by atoms with Gasteiger partial charge in [0, 0.05) is 6.54 Å². The molecule has 0 saturated heterocycles. The predicted octanol–water partition coefficient (Wildman–Crippen LogP) is 13.5. The SMILES string of the molecule is CCCCCCCC/C=C\CCCCCCCCOP(=O)(NCCCn1cc[n+](C)c1)OCCCCCCCC/C=C\CCCCCCCC. The maximum atomic E-state index is 13.6. The van der Waals surface area contributed by atoms with Crippen molar-refractivity contribution in [2.45, 2.75) is 207 Å². The molecule has 1 aromatic rings. The lowest BCUT2D eigenvalue weighted by Gasteiger charge is -2.19. The zero-order chi connectivity index (χ0) is 36.1. The van der Waals surface area contributed by atoms with Crippen LogP contribution in [-0.4, -0.2) is 24.3 Å². The first-order valence-electron chi connectivity index (χ1n) is 21.5. The monoisotopic (exact) mass is 721 g/mol. The first kappa shape index (κ1) is 46.8. The average Bonchev–Trinajstić information content (AvgIpc) is 3.54. The summed E-state index contributed by atoms with van der Waals surface area (Å²) in [6.45, 7) is 7.03. The normalized spacial score (nSPS) is 12.3. The maximum absolute atomic E-state index is 13.6. The van der Waals surface area contributed by atoms with Gasteiger partial charge in [-0.15, -0.1) is 0 Å². The van der Waals surface area contributed by atoms with E-state index in [2.05, 4.69) is 60.3 Å². The molecule has 0 aromatic carbocycles. The van der Waals surface area contributed by atoms with E-state index in [0.717, 1.165) is 38.6 Å². The molecule has 1 N–H and O–H groups in total. The second-order valence-corrected chi connectivity index (χ2v) is 16.4.